The van der Waals surface area contributed by atoms with Crippen LogP contribution >= 0.6 is 0 Å². The van der Waals surface area contributed by atoms with Crippen LogP contribution in [-0.4, -0.2) is 24.3 Å². The molecule has 5 heteroatoms. The Balaban J connectivity index is 1.69. The van der Waals surface area contributed by atoms with E-state index in [1.165, 1.54) is 0 Å². The molecule has 5 nitrogen and oxygen atoms in total. The zero-order chi connectivity index (χ0) is 16.5. The Morgan fingerprint density at radius 3 is 2.09 bits per heavy atom. The number of hydrogen-bond acceptors (Lipinski definition) is 4. The molecule has 0 atom stereocenters. The van der Waals surface area contributed by atoms with Gasteiger partial charge in [-0.05, 0) is 12.1 Å². The third-order valence-corrected chi connectivity index (χ3v) is 3.07. The summed E-state index contributed by atoms with van der Waals surface area (Å²) in [4.78, 5) is 35.0. The van der Waals surface area contributed by atoms with Crippen LogP contribution < -0.4 is 5.32 Å². The van der Waals surface area contributed by atoms with Crippen LogP contribution in [-0.2, 0) is 14.3 Å². The molecule has 118 valence electrons. The number of ketones is 1. The van der Waals surface area contributed by atoms with Crippen molar-refractivity contribution in [2.24, 2.45) is 0 Å². The Labute approximate surface area is 134 Å². The summed E-state index contributed by atoms with van der Waals surface area (Å²) in [6.07, 6.45) is 0.00942. The summed E-state index contributed by atoms with van der Waals surface area (Å²) in [5, 5.41) is 2.60. The van der Waals surface area contributed by atoms with Gasteiger partial charge in [0.05, 0.1) is 6.42 Å². The molecule has 0 heterocycles. The number of carbonyl (C=O) groups is 3. The normalized spacial score (nSPS) is 9.91. The molecule has 0 unspecified atom stereocenters. The van der Waals surface area contributed by atoms with E-state index in [1.54, 1.807) is 48.5 Å². The zero-order valence-electron chi connectivity index (χ0n) is 12.5. The van der Waals surface area contributed by atoms with Gasteiger partial charge in [-0.15, -0.1) is 0 Å². The summed E-state index contributed by atoms with van der Waals surface area (Å²) < 4.78 is 4.86. The number of ether oxygens (including phenoxy) is 1. The van der Waals surface area contributed by atoms with Gasteiger partial charge in [0.1, 0.15) is 0 Å². The minimum atomic E-state index is -0.572. The van der Waals surface area contributed by atoms with E-state index in [4.69, 9.17) is 4.74 Å². The predicted molar refractivity (Wildman–Crippen MR) is 86.0 cm³/mol. The molecule has 0 aliphatic carbocycles. The van der Waals surface area contributed by atoms with Crippen molar-refractivity contribution < 1.29 is 19.1 Å². The first-order chi connectivity index (χ1) is 11.1. The smallest absolute Gasteiger partial charge is 0.306 e. The van der Waals surface area contributed by atoms with E-state index in [0.717, 1.165) is 0 Å². The van der Waals surface area contributed by atoms with Crippen LogP contribution in [0.2, 0.25) is 0 Å². The molecule has 0 fully saturated rings. The second kappa shape index (κ2) is 8.48. The summed E-state index contributed by atoms with van der Waals surface area (Å²) in [5.74, 6) is -1.12. The van der Waals surface area contributed by atoms with Crippen molar-refractivity contribution in [3.8, 4) is 0 Å². The Hall–Kier alpha value is -2.95. The maximum atomic E-state index is 11.8. The Bertz CT molecular complexity index is 668. The monoisotopic (exact) mass is 311 g/mol. The van der Waals surface area contributed by atoms with E-state index in [-0.39, 0.29) is 25.2 Å². The third kappa shape index (κ3) is 5.74. The highest BCUT2D eigenvalue weighted by Gasteiger charge is 2.11. The fourth-order valence-corrected chi connectivity index (χ4v) is 1.92. The van der Waals surface area contributed by atoms with Crippen LogP contribution in [0.3, 0.4) is 0 Å². The van der Waals surface area contributed by atoms with Gasteiger partial charge in [-0.1, -0.05) is 48.5 Å². The number of esters is 1. The molecule has 2 rings (SSSR count). The number of amides is 1. The van der Waals surface area contributed by atoms with Gasteiger partial charge in [0.2, 0.25) is 0 Å². The molecule has 0 bridgehead atoms. The highest BCUT2D eigenvalue weighted by molar-refractivity contribution is 5.97. The lowest BCUT2D eigenvalue weighted by molar-refractivity contribution is -0.147. The van der Waals surface area contributed by atoms with Crippen LogP contribution in [0.5, 0.6) is 0 Å². The van der Waals surface area contributed by atoms with Gasteiger partial charge >= 0.3 is 5.97 Å². The summed E-state index contributed by atoms with van der Waals surface area (Å²) in [6, 6.07) is 17.6. The van der Waals surface area contributed by atoms with E-state index in [1.807, 2.05) is 12.1 Å². The van der Waals surface area contributed by atoms with Crippen LogP contribution in [0, 0.1) is 0 Å². The van der Waals surface area contributed by atoms with E-state index in [9.17, 15) is 14.4 Å². The van der Waals surface area contributed by atoms with Crippen molar-refractivity contribution in [3.63, 3.8) is 0 Å². The number of para-hydroxylation sites is 1. The lowest BCUT2D eigenvalue weighted by Crippen LogP contribution is -2.21. The van der Waals surface area contributed by atoms with Crippen molar-refractivity contribution in [1.29, 1.82) is 0 Å². The van der Waals surface area contributed by atoms with Crippen LogP contribution in [0.25, 0.3) is 0 Å². The molecular formula is C18H17NO4. The quantitative estimate of drug-likeness (QED) is 0.630. The van der Waals surface area contributed by atoms with E-state index in [2.05, 4.69) is 5.32 Å². The molecule has 0 aliphatic rings. The van der Waals surface area contributed by atoms with Crippen molar-refractivity contribution in [3.05, 3.63) is 66.2 Å². The van der Waals surface area contributed by atoms with E-state index < -0.39 is 11.9 Å². The Kier molecular flexibility index (Phi) is 6.06. The molecule has 1 N–H and O–H groups in total. The minimum absolute atomic E-state index is 0.0493. The van der Waals surface area contributed by atoms with Gasteiger partial charge < -0.3 is 10.1 Å². The average molecular weight is 311 g/mol. The summed E-state index contributed by atoms with van der Waals surface area (Å²) >= 11 is 0. The van der Waals surface area contributed by atoms with Gasteiger partial charge in [-0.25, -0.2) is 0 Å². The number of rotatable bonds is 7. The van der Waals surface area contributed by atoms with E-state index >= 15 is 0 Å². The second-order valence-electron chi connectivity index (χ2n) is 4.86. The molecule has 0 aromatic heterocycles. The van der Waals surface area contributed by atoms with Gasteiger partial charge in [0, 0.05) is 17.7 Å². The first-order valence-electron chi connectivity index (χ1n) is 7.24. The van der Waals surface area contributed by atoms with Gasteiger partial charge in [0.25, 0.3) is 5.91 Å². The maximum absolute atomic E-state index is 11.8. The third-order valence-electron chi connectivity index (χ3n) is 3.07. The molecule has 2 aromatic rings. The molecular weight excluding hydrogens is 294 g/mol. The number of anilines is 1. The van der Waals surface area contributed by atoms with Crippen molar-refractivity contribution >= 4 is 23.3 Å². The fraction of sp³-hybridized carbons (Fsp3) is 0.167. The van der Waals surface area contributed by atoms with Crippen molar-refractivity contribution in [2.75, 3.05) is 11.9 Å². The largest absolute Gasteiger partial charge is 0.456 e. The van der Waals surface area contributed by atoms with Gasteiger partial charge in [-0.2, -0.15) is 0 Å². The van der Waals surface area contributed by atoms with E-state index in [0.29, 0.717) is 11.3 Å². The Morgan fingerprint density at radius 2 is 1.43 bits per heavy atom. The summed E-state index contributed by atoms with van der Waals surface area (Å²) in [5.41, 5.74) is 1.19. The first-order valence-corrected chi connectivity index (χ1v) is 7.24. The van der Waals surface area contributed by atoms with Crippen molar-refractivity contribution in [1.82, 2.24) is 0 Å². The molecule has 0 saturated heterocycles. The topological polar surface area (TPSA) is 72.5 Å². The summed E-state index contributed by atoms with van der Waals surface area (Å²) in [7, 11) is 0. The number of nitrogens with one attached hydrogen (secondary N) is 1. The molecule has 0 saturated carbocycles. The van der Waals surface area contributed by atoms with Gasteiger partial charge in [0.15, 0.2) is 12.4 Å². The fourth-order valence-electron chi connectivity index (χ4n) is 1.92. The van der Waals surface area contributed by atoms with Crippen molar-refractivity contribution in [2.45, 2.75) is 12.8 Å². The van der Waals surface area contributed by atoms with Crippen LogP contribution in [0.1, 0.15) is 23.2 Å². The standard InChI is InChI=1S/C18H17NO4/c20-16(14-7-3-1-4-8-14)11-12-18(22)23-13-17(21)19-15-9-5-2-6-10-15/h1-10H,11-13H2,(H,19,21). The molecule has 0 aliphatic heterocycles. The molecule has 23 heavy (non-hydrogen) atoms. The highest BCUT2D eigenvalue weighted by atomic mass is 16.5. The molecule has 0 radical (unpaired) electrons. The molecule has 0 spiro atoms. The zero-order valence-corrected chi connectivity index (χ0v) is 12.5. The number of benzene rings is 2. The molecule has 1 amide bonds. The highest BCUT2D eigenvalue weighted by Crippen LogP contribution is 2.07. The number of carbonyl (C=O) groups excluding carboxylic acids is 3. The summed E-state index contributed by atoms with van der Waals surface area (Å²) in [6.45, 7) is -0.368. The number of hydrogen-bond donors (Lipinski definition) is 1. The lowest BCUT2D eigenvalue weighted by Gasteiger charge is -2.06. The van der Waals surface area contributed by atoms with Gasteiger partial charge in [-0.3, -0.25) is 14.4 Å². The minimum Gasteiger partial charge on any atom is -0.456 e. The second-order valence-corrected chi connectivity index (χ2v) is 4.86. The molecule has 2 aromatic carbocycles. The van der Waals surface area contributed by atoms with Crippen LogP contribution in [0.15, 0.2) is 60.7 Å². The predicted octanol–water partition coefficient (Wildman–Crippen LogP) is 2.83. The first kappa shape index (κ1) is 16.4. The maximum Gasteiger partial charge on any atom is 0.306 e. The average Bonchev–Trinajstić information content (AvgIpc) is 2.59. The lowest BCUT2D eigenvalue weighted by atomic mass is 10.1. The van der Waals surface area contributed by atoms with Crippen LogP contribution in [0.4, 0.5) is 5.69 Å². The Morgan fingerprint density at radius 1 is 0.826 bits per heavy atom. The number of Topliss-reactive ketones (excluding diaryl/α,β-unsaturated/α-hetero) is 1. The SMILES string of the molecule is O=C(COC(=O)CCC(=O)c1ccccc1)Nc1ccccc1.